The molecular weight excluding hydrogens is 372 g/mol. The number of benzene rings is 2. The van der Waals surface area contributed by atoms with Crippen LogP contribution in [0.2, 0.25) is 0 Å². The molecule has 0 saturated carbocycles. The van der Waals surface area contributed by atoms with Crippen LogP contribution in [0.3, 0.4) is 0 Å². The second kappa shape index (κ2) is 6.79. The van der Waals surface area contributed by atoms with Gasteiger partial charge in [-0.2, -0.15) is 4.31 Å². The molecule has 1 aliphatic rings. The van der Waals surface area contributed by atoms with E-state index in [9.17, 15) is 17.2 Å². The van der Waals surface area contributed by atoms with E-state index >= 15 is 0 Å². The molecule has 0 aliphatic carbocycles. The lowest BCUT2D eigenvalue weighted by molar-refractivity contribution is 0.384. The molecule has 0 radical (unpaired) electrons. The minimum Gasteiger partial charge on any atom is -0.236 e. The molecule has 0 atom stereocenters. The molecule has 0 unspecified atom stereocenters. The number of rotatable bonds is 3. The molecule has 0 amide bonds. The van der Waals surface area contributed by atoms with Crippen LogP contribution in [-0.4, -0.2) is 29.2 Å². The maximum Gasteiger partial charge on any atom is 0.246 e. The highest BCUT2D eigenvalue weighted by molar-refractivity contribution is 7.89. The van der Waals surface area contributed by atoms with Crippen molar-refractivity contribution >= 4 is 10.0 Å². The molecule has 2 heterocycles. The zero-order chi connectivity index (χ0) is 19.0. The average Bonchev–Trinajstić information content (AvgIpc) is 2.68. The van der Waals surface area contributed by atoms with Gasteiger partial charge in [0, 0.05) is 36.8 Å². The normalized spacial score (nSPS) is 14.7. The predicted molar refractivity (Wildman–Crippen MR) is 95.1 cm³/mol. The molecule has 5 nitrogen and oxygen atoms in total. The summed E-state index contributed by atoms with van der Waals surface area (Å²) < 4.78 is 53.7. The Kier molecular flexibility index (Phi) is 4.45. The number of sulfonamides is 1. The smallest absolute Gasteiger partial charge is 0.236 e. The molecule has 0 fully saturated rings. The first-order chi connectivity index (χ1) is 12.9. The van der Waals surface area contributed by atoms with Gasteiger partial charge in [-0.15, -0.1) is 0 Å². The molecule has 138 valence electrons. The van der Waals surface area contributed by atoms with Gasteiger partial charge in [-0.1, -0.05) is 12.1 Å². The van der Waals surface area contributed by atoms with Crippen molar-refractivity contribution in [3.05, 3.63) is 77.6 Å². The summed E-state index contributed by atoms with van der Waals surface area (Å²) >= 11 is 0. The quantitative estimate of drug-likeness (QED) is 0.693. The lowest BCUT2D eigenvalue weighted by Gasteiger charge is -2.27. The monoisotopic (exact) mass is 387 g/mol. The van der Waals surface area contributed by atoms with E-state index in [1.807, 2.05) is 0 Å². The fourth-order valence-electron chi connectivity index (χ4n) is 3.03. The van der Waals surface area contributed by atoms with Crippen molar-refractivity contribution in [3.63, 3.8) is 0 Å². The van der Waals surface area contributed by atoms with E-state index in [-0.39, 0.29) is 23.8 Å². The minimum atomic E-state index is -3.94. The van der Waals surface area contributed by atoms with Crippen LogP contribution in [0, 0.1) is 11.6 Å². The zero-order valence-corrected chi connectivity index (χ0v) is 15.0. The number of aromatic nitrogens is 2. The lowest BCUT2D eigenvalue weighted by Crippen LogP contribution is -2.36. The summed E-state index contributed by atoms with van der Waals surface area (Å²) in [6.45, 7) is 0.277. The lowest BCUT2D eigenvalue weighted by atomic mass is 10.1. The molecule has 1 aliphatic heterocycles. The summed E-state index contributed by atoms with van der Waals surface area (Å²) in [5.74, 6) is -0.656. The summed E-state index contributed by atoms with van der Waals surface area (Å²) in [6.07, 6.45) is 1.96. The van der Waals surface area contributed by atoms with Crippen LogP contribution < -0.4 is 0 Å². The van der Waals surface area contributed by atoms with E-state index in [2.05, 4.69) is 9.97 Å². The molecule has 27 heavy (non-hydrogen) atoms. The number of hydrogen-bond acceptors (Lipinski definition) is 4. The number of hydrogen-bond donors (Lipinski definition) is 0. The van der Waals surface area contributed by atoms with E-state index in [0.29, 0.717) is 23.4 Å². The summed E-state index contributed by atoms with van der Waals surface area (Å²) in [5.41, 5.74) is 2.09. The topological polar surface area (TPSA) is 63.2 Å². The van der Waals surface area contributed by atoms with Gasteiger partial charge in [0.1, 0.15) is 16.5 Å². The van der Waals surface area contributed by atoms with Gasteiger partial charge in [0.05, 0.1) is 5.69 Å². The highest BCUT2D eigenvalue weighted by Gasteiger charge is 2.31. The first-order valence-corrected chi connectivity index (χ1v) is 9.74. The van der Waals surface area contributed by atoms with Gasteiger partial charge in [-0.05, 0) is 36.4 Å². The van der Waals surface area contributed by atoms with Crippen molar-refractivity contribution in [2.45, 2.75) is 17.9 Å². The van der Waals surface area contributed by atoms with Crippen LogP contribution in [0.25, 0.3) is 11.4 Å². The molecule has 0 spiro atoms. The summed E-state index contributed by atoms with van der Waals surface area (Å²) in [5, 5.41) is 0. The molecule has 2 aromatic carbocycles. The van der Waals surface area contributed by atoms with E-state index in [4.69, 9.17) is 0 Å². The van der Waals surface area contributed by atoms with Crippen LogP contribution in [0.5, 0.6) is 0 Å². The maximum absolute atomic E-state index is 13.9. The Morgan fingerprint density at radius 2 is 1.74 bits per heavy atom. The van der Waals surface area contributed by atoms with E-state index in [1.165, 1.54) is 34.6 Å². The summed E-state index contributed by atoms with van der Waals surface area (Å²) in [7, 11) is -3.94. The highest BCUT2D eigenvalue weighted by atomic mass is 32.2. The fraction of sp³-hybridized carbons (Fsp3) is 0.158. The van der Waals surface area contributed by atoms with Gasteiger partial charge in [0.25, 0.3) is 0 Å². The van der Waals surface area contributed by atoms with Crippen molar-refractivity contribution in [2.24, 2.45) is 0 Å². The average molecular weight is 387 g/mol. The van der Waals surface area contributed by atoms with Crippen LogP contribution in [-0.2, 0) is 23.0 Å². The standard InChI is InChI=1S/C19H15F2N3O2S/c20-15-7-5-13(6-8-15)19-22-11-14-12-24(10-9-17(14)23-19)27(25,26)18-4-2-1-3-16(18)21/h1-8,11H,9-10,12H2. The second-order valence-electron chi connectivity index (χ2n) is 6.19. The van der Waals surface area contributed by atoms with Crippen LogP contribution in [0.4, 0.5) is 8.78 Å². The molecule has 0 saturated heterocycles. The van der Waals surface area contributed by atoms with Crippen molar-refractivity contribution in [3.8, 4) is 11.4 Å². The SMILES string of the molecule is O=S(=O)(c1ccccc1F)N1CCc2nc(-c3ccc(F)cc3)ncc2C1. The largest absolute Gasteiger partial charge is 0.246 e. The molecule has 0 bridgehead atoms. The molecule has 8 heteroatoms. The fourth-order valence-corrected chi connectivity index (χ4v) is 4.51. The number of halogens is 2. The Labute approximate surface area is 155 Å². The van der Waals surface area contributed by atoms with Crippen molar-refractivity contribution in [1.29, 1.82) is 0 Å². The van der Waals surface area contributed by atoms with E-state index < -0.39 is 15.8 Å². The van der Waals surface area contributed by atoms with Gasteiger partial charge < -0.3 is 0 Å². The first kappa shape index (κ1) is 17.7. The number of nitrogens with zero attached hydrogens (tertiary/aromatic N) is 3. The van der Waals surface area contributed by atoms with Crippen molar-refractivity contribution in [1.82, 2.24) is 14.3 Å². The van der Waals surface area contributed by atoms with Crippen LogP contribution in [0.15, 0.2) is 59.6 Å². The van der Waals surface area contributed by atoms with Gasteiger partial charge in [0.15, 0.2) is 5.82 Å². The third-order valence-electron chi connectivity index (χ3n) is 4.46. The molecule has 0 N–H and O–H groups in total. The summed E-state index contributed by atoms with van der Waals surface area (Å²) in [6, 6.07) is 11.2. The van der Waals surface area contributed by atoms with Crippen LogP contribution in [0.1, 0.15) is 11.3 Å². The Morgan fingerprint density at radius 3 is 2.48 bits per heavy atom. The minimum absolute atomic E-state index is 0.0791. The van der Waals surface area contributed by atoms with Gasteiger partial charge in [0.2, 0.25) is 10.0 Å². The zero-order valence-electron chi connectivity index (χ0n) is 14.1. The molecule has 4 rings (SSSR count). The Hall–Kier alpha value is -2.71. The molecular formula is C19H15F2N3O2S. The Morgan fingerprint density at radius 1 is 1.00 bits per heavy atom. The third kappa shape index (κ3) is 3.33. The second-order valence-corrected chi connectivity index (χ2v) is 8.10. The summed E-state index contributed by atoms with van der Waals surface area (Å²) in [4.78, 5) is 8.42. The first-order valence-electron chi connectivity index (χ1n) is 8.30. The molecule has 1 aromatic heterocycles. The highest BCUT2D eigenvalue weighted by Crippen LogP contribution is 2.26. The Bertz CT molecular complexity index is 1100. The Balaban J connectivity index is 1.62. The van der Waals surface area contributed by atoms with E-state index in [0.717, 1.165) is 11.8 Å². The predicted octanol–water partition coefficient (Wildman–Crippen LogP) is 3.17. The van der Waals surface area contributed by atoms with Crippen molar-refractivity contribution in [2.75, 3.05) is 6.54 Å². The van der Waals surface area contributed by atoms with Crippen molar-refractivity contribution < 1.29 is 17.2 Å². The van der Waals surface area contributed by atoms with Gasteiger partial charge in [-0.3, -0.25) is 0 Å². The van der Waals surface area contributed by atoms with Gasteiger partial charge >= 0.3 is 0 Å². The maximum atomic E-state index is 13.9. The third-order valence-corrected chi connectivity index (χ3v) is 6.33. The molecule has 3 aromatic rings. The van der Waals surface area contributed by atoms with Gasteiger partial charge in [-0.25, -0.2) is 27.2 Å². The van der Waals surface area contributed by atoms with E-state index in [1.54, 1.807) is 18.3 Å². The van der Waals surface area contributed by atoms with Crippen LogP contribution >= 0.6 is 0 Å². The number of fused-ring (bicyclic) bond motifs is 1.